The van der Waals surface area contributed by atoms with Crippen LogP contribution in [-0.4, -0.2) is 0 Å². The Morgan fingerprint density at radius 2 is 1.60 bits per heavy atom. The zero-order valence-corrected chi connectivity index (χ0v) is 7.92. The molecule has 0 spiro atoms. The van der Waals surface area contributed by atoms with Gasteiger partial charge in [0, 0.05) is 4.91 Å². The predicted molar refractivity (Wildman–Crippen MR) is 49.2 cm³/mol. The summed E-state index contributed by atoms with van der Waals surface area (Å²) in [7, 11) is 0. The van der Waals surface area contributed by atoms with Crippen molar-refractivity contribution in [2.75, 3.05) is 0 Å². The SMILES string of the molecule is CC1=C(C)C(C)C(C)=C1S. The molecule has 0 aromatic carbocycles. The molecule has 0 fully saturated rings. The first kappa shape index (κ1) is 7.93. The molecule has 0 aliphatic heterocycles. The standard InChI is InChI=1S/C9H14S/c1-5-6(2)8(4)9(10)7(5)3/h5,10H,1-4H3. The van der Waals surface area contributed by atoms with Gasteiger partial charge in [-0.05, 0) is 32.3 Å². The molecule has 0 aromatic heterocycles. The molecule has 1 rings (SSSR count). The number of hydrogen-bond donors (Lipinski definition) is 1. The second-order valence-corrected chi connectivity index (χ2v) is 3.51. The van der Waals surface area contributed by atoms with Crippen molar-refractivity contribution in [2.24, 2.45) is 5.92 Å². The van der Waals surface area contributed by atoms with E-state index in [1.165, 1.54) is 21.6 Å². The fourth-order valence-electron chi connectivity index (χ4n) is 1.34. The van der Waals surface area contributed by atoms with Crippen LogP contribution in [0.3, 0.4) is 0 Å². The molecule has 1 unspecified atom stereocenters. The van der Waals surface area contributed by atoms with E-state index in [0.29, 0.717) is 5.92 Å². The van der Waals surface area contributed by atoms with E-state index < -0.39 is 0 Å². The Hall–Kier alpha value is -0.170. The Kier molecular flexibility index (Phi) is 1.95. The summed E-state index contributed by atoms with van der Waals surface area (Å²) in [6, 6.07) is 0. The van der Waals surface area contributed by atoms with Crippen LogP contribution in [0.1, 0.15) is 27.7 Å². The van der Waals surface area contributed by atoms with E-state index in [1.54, 1.807) is 0 Å². The van der Waals surface area contributed by atoms with Crippen molar-refractivity contribution in [1.82, 2.24) is 0 Å². The van der Waals surface area contributed by atoms with Gasteiger partial charge in [-0.3, -0.25) is 0 Å². The lowest BCUT2D eigenvalue weighted by Crippen LogP contribution is -1.92. The second-order valence-electron chi connectivity index (χ2n) is 3.06. The van der Waals surface area contributed by atoms with Gasteiger partial charge in [-0.25, -0.2) is 0 Å². The maximum Gasteiger partial charge on any atom is 0.00640 e. The van der Waals surface area contributed by atoms with Gasteiger partial charge < -0.3 is 0 Å². The van der Waals surface area contributed by atoms with Crippen molar-refractivity contribution < 1.29 is 0 Å². The van der Waals surface area contributed by atoms with Gasteiger partial charge in [0.1, 0.15) is 0 Å². The van der Waals surface area contributed by atoms with Crippen molar-refractivity contribution in [3.63, 3.8) is 0 Å². The van der Waals surface area contributed by atoms with Crippen LogP contribution in [0.2, 0.25) is 0 Å². The van der Waals surface area contributed by atoms with Gasteiger partial charge in [0.2, 0.25) is 0 Å². The van der Waals surface area contributed by atoms with Gasteiger partial charge in [0.15, 0.2) is 0 Å². The normalized spacial score (nSPS) is 26.7. The van der Waals surface area contributed by atoms with Gasteiger partial charge in [-0.15, -0.1) is 12.6 Å². The molecule has 0 aromatic rings. The number of allylic oxidation sites excluding steroid dienone is 3. The van der Waals surface area contributed by atoms with Crippen LogP contribution in [0.4, 0.5) is 0 Å². The molecule has 1 aliphatic rings. The molecule has 0 saturated heterocycles. The highest BCUT2D eigenvalue weighted by Gasteiger charge is 2.19. The summed E-state index contributed by atoms with van der Waals surface area (Å²) in [5.74, 6) is 0.618. The Morgan fingerprint density at radius 3 is 1.70 bits per heavy atom. The molecule has 0 saturated carbocycles. The van der Waals surface area contributed by atoms with E-state index in [4.69, 9.17) is 0 Å². The van der Waals surface area contributed by atoms with Crippen molar-refractivity contribution in [3.8, 4) is 0 Å². The van der Waals surface area contributed by atoms with Gasteiger partial charge in [-0.1, -0.05) is 18.1 Å². The van der Waals surface area contributed by atoms with Crippen LogP contribution in [0.15, 0.2) is 21.6 Å². The molecule has 1 heteroatoms. The first-order valence-corrected chi connectivity index (χ1v) is 4.08. The Morgan fingerprint density at radius 1 is 1.10 bits per heavy atom. The molecule has 0 amide bonds. The van der Waals surface area contributed by atoms with Gasteiger partial charge in [0.25, 0.3) is 0 Å². The van der Waals surface area contributed by atoms with Crippen LogP contribution in [0.5, 0.6) is 0 Å². The first-order chi connectivity index (χ1) is 4.55. The summed E-state index contributed by atoms with van der Waals surface area (Å²) < 4.78 is 0. The highest BCUT2D eigenvalue weighted by atomic mass is 32.1. The van der Waals surface area contributed by atoms with E-state index in [9.17, 15) is 0 Å². The maximum absolute atomic E-state index is 4.42. The van der Waals surface area contributed by atoms with Crippen LogP contribution < -0.4 is 0 Å². The molecule has 0 radical (unpaired) electrons. The fourth-order valence-corrected chi connectivity index (χ4v) is 1.71. The van der Waals surface area contributed by atoms with Gasteiger partial charge in [0.05, 0.1) is 0 Å². The van der Waals surface area contributed by atoms with Crippen molar-refractivity contribution in [1.29, 1.82) is 0 Å². The van der Waals surface area contributed by atoms with Gasteiger partial charge in [-0.2, -0.15) is 0 Å². The molecule has 1 aliphatic carbocycles. The largest absolute Gasteiger partial charge is 0.143 e. The molecule has 0 N–H and O–H groups in total. The summed E-state index contributed by atoms with van der Waals surface area (Å²) in [6.07, 6.45) is 0. The van der Waals surface area contributed by atoms with E-state index in [1.807, 2.05) is 0 Å². The first-order valence-electron chi connectivity index (χ1n) is 3.63. The lowest BCUT2D eigenvalue weighted by molar-refractivity contribution is 0.817. The number of rotatable bonds is 0. The lowest BCUT2D eigenvalue weighted by atomic mass is 10.0. The zero-order valence-electron chi connectivity index (χ0n) is 7.02. The number of thiol groups is 1. The minimum absolute atomic E-state index is 0.618. The summed E-state index contributed by atoms with van der Waals surface area (Å²) in [5.41, 5.74) is 4.26. The third-order valence-corrected chi connectivity index (χ3v) is 3.31. The highest BCUT2D eigenvalue weighted by molar-refractivity contribution is 7.84. The number of hydrogen-bond acceptors (Lipinski definition) is 1. The Bertz CT molecular complexity index is 197. The highest BCUT2D eigenvalue weighted by Crippen LogP contribution is 2.37. The molecular formula is C9H14S. The molecule has 1 atom stereocenters. The Labute approximate surface area is 68.4 Å². The quantitative estimate of drug-likeness (QED) is 0.509. The average molecular weight is 154 g/mol. The van der Waals surface area contributed by atoms with Gasteiger partial charge >= 0.3 is 0 Å². The maximum atomic E-state index is 4.42. The third-order valence-electron chi connectivity index (χ3n) is 2.62. The summed E-state index contributed by atoms with van der Waals surface area (Å²) >= 11 is 4.42. The van der Waals surface area contributed by atoms with Crippen molar-refractivity contribution in [3.05, 3.63) is 21.6 Å². The topological polar surface area (TPSA) is 0 Å². The summed E-state index contributed by atoms with van der Waals surface area (Å²) in [6.45, 7) is 8.72. The van der Waals surface area contributed by atoms with E-state index in [0.717, 1.165) is 0 Å². The van der Waals surface area contributed by atoms with E-state index >= 15 is 0 Å². The zero-order chi connectivity index (χ0) is 7.89. The van der Waals surface area contributed by atoms with Crippen LogP contribution in [0, 0.1) is 5.92 Å². The van der Waals surface area contributed by atoms with Crippen LogP contribution >= 0.6 is 12.6 Å². The van der Waals surface area contributed by atoms with Crippen LogP contribution in [-0.2, 0) is 0 Å². The second kappa shape index (κ2) is 2.46. The van der Waals surface area contributed by atoms with E-state index in [-0.39, 0.29) is 0 Å². The Balaban J connectivity index is 3.09. The fraction of sp³-hybridized carbons (Fsp3) is 0.556. The lowest BCUT2D eigenvalue weighted by Gasteiger charge is -2.05. The molecule has 0 nitrogen and oxygen atoms in total. The minimum Gasteiger partial charge on any atom is -0.143 e. The molecule has 10 heavy (non-hydrogen) atoms. The molecule has 0 heterocycles. The monoisotopic (exact) mass is 154 g/mol. The molecule has 56 valence electrons. The molecule has 0 bridgehead atoms. The van der Waals surface area contributed by atoms with Crippen LogP contribution in [0.25, 0.3) is 0 Å². The predicted octanol–water partition coefficient (Wildman–Crippen LogP) is 3.18. The summed E-state index contributed by atoms with van der Waals surface area (Å²) in [4.78, 5) is 1.20. The van der Waals surface area contributed by atoms with E-state index in [2.05, 4.69) is 40.3 Å². The van der Waals surface area contributed by atoms with Crippen molar-refractivity contribution >= 4 is 12.6 Å². The van der Waals surface area contributed by atoms with Crippen molar-refractivity contribution in [2.45, 2.75) is 27.7 Å². The average Bonchev–Trinajstić information content (AvgIpc) is 2.07. The summed E-state index contributed by atoms with van der Waals surface area (Å²) in [5, 5.41) is 0. The third kappa shape index (κ3) is 0.929. The minimum atomic E-state index is 0.618. The molecular weight excluding hydrogens is 140 g/mol. The smallest absolute Gasteiger partial charge is 0.00640 e.